The quantitative estimate of drug-likeness (QED) is 0.938. The molecule has 0 atom stereocenters. The topological polar surface area (TPSA) is 72.0 Å². The van der Waals surface area contributed by atoms with Gasteiger partial charge >= 0.3 is 0 Å². The van der Waals surface area contributed by atoms with Crippen molar-refractivity contribution in [2.45, 2.75) is 18.7 Å². The molecular weight excluding hydrogens is 277 g/mol. The van der Waals surface area contributed by atoms with Gasteiger partial charge in [0.2, 0.25) is 5.13 Å². The molecule has 0 amide bonds. The molecular formula is C10H10FN3O2S2. The van der Waals surface area contributed by atoms with Crippen LogP contribution in [0.3, 0.4) is 0 Å². The van der Waals surface area contributed by atoms with E-state index in [1.165, 1.54) is 17.6 Å². The second kappa shape index (κ2) is 4.62. The van der Waals surface area contributed by atoms with Crippen molar-refractivity contribution < 1.29 is 12.8 Å². The standard InChI is InChI=1S/C10H10FN3O2S2/c1-6-3-8(11)4-7(2)9(6)18(15,16)14-10-13-12-5-17-10/h3-5H,1-2H3,(H,13,14). The first-order chi connectivity index (χ1) is 8.40. The molecule has 1 aromatic heterocycles. The van der Waals surface area contributed by atoms with Crippen LogP contribution in [0.4, 0.5) is 9.52 Å². The van der Waals surface area contributed by atoms with Gasteiger partial charge in [0.1, 0.15) is 11.3 Å². The van der Waals surface area contributed by atoms with Gasteiger partial charge in [0.25, 0.3) is 10.0 Å². The number of halogens is 1. The summed E-state index contributed by atoms with van der Waals surface area (Å²) in [5.41, 5.74) is 2.12. The van der Waals surface area contributed by atoms with Gasteiger partial charge in [0, 0.05) is 0 Å². The van der Waals surface area contributed by atoms with Crippen LogP contribution in [0.1, 0.15) is 11.1 Å². The molecule has 5 nitrogen and oxygen atoms in total. The Morgan fingerprint density at radius 1 is 1.28 bits per heavy atom. The van der Waals surface area contributed by atoms with Gasteiger partial charge in [-0.25, -0.2) is 12.8 Å². The van der Waals surface area contributed by atoms with E-state index in [4.69, 9.17) is 0 Å². The third kappa shape index (κ3) is 2.49. The molecule has 2 aromatic rings. The number of anilines is 1. The molecule has 0 saturated heterocycles. The van der Waals surface area contributed by atoms with Crippen molar-refractivity contribution in [1.82, 2.24) is 10.2 Å². The second-order valence-electron chi connectivity index (χ2n) is 3.72. The van der Waals surface area contributed by atoms with E-state index in [0.717, 1.165) is 11.3 Å². The fraction of sp³-hybridized carbons (Fsp3) is 0.200. The van der Waals surface area contributed by atoms with Crippen LogP contribution in [0.2, 0.25) is 0 Å². The number of rotatable bonds is 3. The van der Waals surface area contributed by atoms with Gasteiger partial charge in [-0.1, -0.05) is 11.3 Å². The van der Waals surface area contributed by atoms with Crippen LogP contribution in [0.15, 0.2) is 22.5 Å². The van der Waals surface area contributed by atoms with Gasteiger partial charge in [-0.2, -0.15) is 0 Å². The number of nitrogens with zero attached hydrogens (tertiary/aromatic N) is 2. The molecule has 0 aliphatic rings. The van der Waals surface area contributed by atoms with Crippen molar-refractivity contribution in [3.63, 3.8) is 0 Å². The van der Waals surface area contributed by atoms with Crippen molar-refractivity contribution in [3.05, 3.63) is 34.6 Å². The van der Waals surface area contributed by atoms with Crippen LogP contribution in [0, 0.1) is 19.7 Å². The van der Waals surface area contributed by atoms with E-state index in [9.17, 15) is 12.8 Å². The summed E-state index contributed by atoms with van der Waals surface area (Å²) in [5.74, 6) is -0.458. The zero-order chi connectivity index (χ0) is 13.3. The Morgan fingerprint density at radius 3 is 2.39 bits per heavy atom. The van der Waals surface area contributed by atoms with E-state index >= 15 is 0 Å². The highest BCUT2D eigenvalue weighted by molar-refractivity contribution is 7.93. The maximum Gasteiger partial charge on any atom is 0.264 e. The molecule has 0 aliphatic carbocycles. The summed E-state index contributed by atoms with van der Waals surface area (Å²) in [4.78, 5) is 0.0686. The summed E-state index contributed by atoms with van der Waals surface area (Å²) in [6.45, 7) is 3.09. The van der Waals surface area contributed by atoms with Crippen molar-refractivity contribution in [1.29, 1.82) is 0 Å². The van der Waals surface area contributed by atoms with E-state index in [2.05, 4.69) is 14.9 Å². The van der Waals surface area contributed by atoms with Crippen LogP contribution in [0.5, 0.6) is 0 Å². The first-order valence-electron chi connectivity index (χ1n) is 4.96. The molecule has 96 valence electrons. The number of hydrogen-bond acceptors (Lipinski definition) is 5. The predicted octanol–water partition coefficient (Wildman–Crippen LogP) is 2.09. The minimum absolute atomic E-state index is 0.0686. The van der Waals surface area contributed by atoms with Gasteiger partial charge in [-0.05, 0) is 37.1 Å². The normalized spacial score (nSPS) is 11.5. The summed E-state index contributed by atoms with van der Waals surface area (Å²) >= 11 is 1.07. The van der Waals surface area contributed by atoms with Crippen LogP contribution in [-0.2, 0) is 10.0 Å². The maximum absolute atomic E-state index is 13.1. The Kier molecular flexibility index (Phi) is 3.31. The summed E-state index contributed by atoms with van der Waals surface area (Å²) in [6.07, 6.45) is 0. The highest BCUT2D eigenvalue weighted by Gasteiger charge is 2.21. The first kappa shape index (κ1) is 12.9. The average Bonchev–Trinajstić information content (AvgIpc) is 2.66. The maximum atomic E-state index is 13.1. The monoisotopic (exact) mass is 287 g/mol. The second-order valence-corrected chi connectivity index (χ2v) is 6.17. The highest BCUT2D eigenvalue weighted by atomic mass is 32.2. The number of sulfonamides is 1. The number of hydrogen-bond donors (Lipinski definition) is 1. The molecule has 0 spiro atoms. The number of benzene rings is 1. The molecule has 0 bridgehead atoms. The zero-order valence-electron chi connectivity index (χ0n) is 9.64. The molecule has 8 heteroatoms. The van der Waals surface area contributed by atoms with Crippen molar-refractivity contribution in [2.75, 3.05) is 4.72 Å². The fourth-order valence-electron chi connectivity index (χ4n) is 1.70. The largest absolute Gasteiger partial charge is 0.264 e. The van der Waals surface area contributed by atoms with Gasteiger partial charge in [0.15, 0.2) is 0 Å². The SMILES string of the molecule is Cc1cc(F)cc(C)c1S(=O)(=O)Nc1nncs1. The van der Waals surface area contributed by atoms with Gasteiger partial charge in [-0.3, -0.25) is 4.72 Å². The summed E-state index contributed by atoms with van der Waals surface area (Å²) in [5, 5.41) is 7.33. The molecule has 18 heavy (non-hydrogen) atoms. The molecule has 1 N–H and O–H groups in total. The van der Waals surface area contributed by atoms with Crippen molar-refractivity contribution in [3.8, 4) is 0 Å². The molecule has 0 radical (unpaired) electrons. The Hall–Kier alpha value is -1.54. The van der Waals surface area contributed by atoms with Crippen LogP contribution in [0.25, 0.3) is 0 Å². The number of aryl methyl sites for hydroxylation is 2. The lowest BCUT2D eigenvalue weighted by Crippen LogP contribution is -2.15. The van der Waals surface area contributed by atoms with Crippen LogP contribution < -0.4 is 4.72 Å². The summed E-state index contributed by atoms with van der Waals surface area (Å²) < 4.78 is 39.8. The molecule has 0 aliphatic heterocycles. The van der Waals surface area contributed by atoms with E-state index in [0.29, 0.717) is 11.1 Å². The van der Waals surface area contributed by atoms with Crippen molar-refractivity contribution in [2.24, 2.45) is 0 Å². The molecule has 2 rings (SSSR count). The smallest absolute Gasteiger partial charge is 0.253 e. The molecule has 1 aromatic carbocycles. The lowest BCUT2D eigenvalue weighted by molar-refractivity contribution is 0.597. The van der Waals surface area contributed by atoms with E-state index in [1.807, 2.05) is 0 Å². The third-order valence-electron chi connectivity index (χ3n) is 2.28. The van der Waals surface area contributed by atoms with Gasteiger partial charge < -0.3 is 0 Å². The Labute approximate surface area is 108 Å². The molecule has 1 heterocycles. The Morgan fingerprint density at radius 2 is 1.89 bits per heavy atom. The van der Waals surface area contributed by atoms with E-state index in [-0.39, 0.29) is 10.0 Å². The first-order valence-corrected chi connectivity index (χ1v) is 7.32. The zero-order valence-corrected chi connectivity index (χ0v) is 11.3. The summed E-state index contributed by atoms with van der Waals surface area (Å²) in [6, 6.07) is 2.36. The number of nitrogens with one attached hydrogen (secondary N) is 1. The minimum Gasteiger partial charge on any atom is -0.253 e. The van der Waals surface area contributed by atoms with Gasteiger partial charge in [-0.15, -0.1) is 10.2 Å². The Bertz CT molecular complexity index is 645. The minimum atomic E-state index is -3.77. The third-order valence-corrected chi connectivity index (χ3v) is 4.65. The summed E-state index contributed by atoms with van der Waals surface area (Å²) in [7, 11) is -3.77. The molecule has 0 unspecified atom stereocenters. The van der Waals surface area contributed by atoms with Crippen molar-refractivity contribution >= 4 is 26.5 Å². The predicted molar refractivity (Wildman–Crippen MR) is 66.6 cm³/mol. The number of aromatic nitrogens is 2. The van der Waals surface area contributed by atoms with E-state index in [1.54, 1.807) is 13.8 Å². The van der Waals surface area contributed by atoms with Crippen LogP contribution >= 0.6 is 11.3 Å². The average molecular weight is 287 g/mol. The highest BCUT2D eigenvalue weighted by Crippen LogP contribution is 2.24. The molecule has 0 fully saturated rings. The molecule has 0 saturated carbocycles. The van der Waals surface area contributed by atoms with E-state index < -0.39 is 15.8 Å². The van der Waals surface area contributed by atoms with Gasteiger partial charge in [0.05, 0.1) is 4.90 Å². The lowest BCUT2D eigenvalue weighted by atomic mass is 10.1. The lowest BCUT2D eigenvalue weighted by Gasteiger charge is -2.11. The fourth-order valence-corrected chi connectivity index (χ4v) is 3.85. The Balaban J connectivity index is 2.48. The van der Waals surface area contributed by atoms with Crippen LogP contribution in [-0.4, -0.2) is 18.6 Å².